The first-order valence-corrected chi connectivity index (χ1v) is 7.79. The number of nitrogens with one attached hydrogen (secondary N) is 1. The van der Waals surface area contributed by atoms with E-state index in [4.69, 9.17) is 0 Å². The Morgan fingerprint density at radius 3 is 2.70 bits per heavy atom. The van der Waals surface area contributed by atoms with Gasteiger partial charge in [0.05, 0.1) is 11.1 Å². The molecule has 3 aromatic rings. The SMILES string of the molecule is Cc1ccc(C(=O)N=Nc2c(O)[nH]c3ccc(I)cc23)c(O)c1. The van der Waals surface area contributed by atoms with Crippen molar-refractivity contribution < 1.29 is 15.0 Å². The number of aromatic amines is 1. The van der Waals surface area contributed by atoms with Crippen LogP contribution in [0.2, 0.25) is 0 Å². The van der Waals surface area contributed by atoms with Crippen molar-refractivity contribution in [2.75, 3.05) is 0 Å². The van der Waals surface area contributed by atoms with Crippen LogP contribution < -0.4 is 0 Å². The average Bonchev–Trinajstić information content (AvgIpc) is 2.79. The van der Waals surface area contributed by atoms with E-state index in [0.717, 1.165) is 9.13 Å². The third kappa shape index (κ3) is 3.04. The Balaban J connectivity index is 1.98. The number of benzene rings is 2. The Labute approximate surface area is 145 Å². The first-order valence-electron chi connectivity index (χ1n) is 6.71. The molecule has 0 spiro atoms. The number of halogens is 1. The maximum Gasteiger partial charge on any atom is 0.299 e. The van der Waals surface area contributed by atoms with Crippen molar-refractivity contribution in [2.45, 2.75) is 6.92 Å². The van der Waals surface area contributed by atoms with Crippen LogP contribution in [0.25, 0.3) is 10.9 Å². The number of hydrogen-bond donors (Lipinski definition) is 3. The number of nitrogens with zero attached hydrogens (tertiary/aromatic N) is 2. The number of carbonyl (C=O) groups excluding carboxylic acids is 1. The van der Waals surface area contributed by atoms with Crippen molar-refractivity contribution in [3.05, 3.63) is 51.1 Å². The van der Waals surface area contributed by atoms with Gasteiger partial charge in [-0.15, -0.1) is 10.2 Å². The molecule has 0 saturated carbocycles. The van der Waals surface area contributed by atoms with Crippen LogP contribution in [0.1, 0.15) is 15.9 Å². The number of H-pyrrole nitrogens is 1. The number of aromatic nitrogens is 1. The van der Waals surface area contributed by atoms with Crippen LogP contribution in [-0.4, -0.2) is 21.1 Å². The van der Waals surface area contributed by atoms with Crippen molar-refractivity contribution in [1.82, 2.24) is 4.98 Å². The van der Waals surface area contributed by atoms with Gasteiger partial charge in [0, 0.05) is 8.96 Å². The first-order chi connectivity index (χ1) is 11.0. The number of phenolic OH excluding ortho intramolecular Hbond substituents is 1. The molecule has 0 bridgehead atoms. The van der Waals surface area contributed by atoms with Crippen molar-refractivity contribution in [3.63, 3.8) is 0 Å². The van der Waals surface area contributed by atoms with Crippen LogP contribution in [0.5, 0.6) is 11.6 Å². The lowest BCUT2D eigenvalue weighted by Crippen LogP contribution is -1.94. The molecular formula is C16H12IN3O3. The topological polar surface area (TPSA) is 98.0 Å². The second-order valence-corrected chi connectivity index (χ2v) is 6.28. The molecule has 0 aliphatic heterocycles. The van der Waals surface area contributed by atoms with E-state index < -0.39 is 5.91 Å². The highest BCUT2D eigenvalue weighted by molar-refractivity contribution is 14.1. The van der Waals surface area contributed by atoms with E-state index in [-0.39, 0.29) is 22.9 Å². The van der Waals surface area contributed by atoms with Gasteiger partial charge in [0.15, 0.2) is 5.69 Å². The highest BCUT2D eigenvalue weighted by Crippen LogP contribution is 2.36. The molecule has 1 heterocycles. The number of amides is 1. The summed E-state index contributed by atoms with van der Waals surface area (Å²) in [6.07, 6.45) is 0. The minimum absolute atomic E-state index is 0.0632. The molecule has 0 atom stereocenters. The zero-order chi connectivity index (χ0) is 16.6. The number of aryl methyl sites for hydroxylation is 1. The molecule has 1 amide bonds. The summed E-state index contributed by atoms with van der Waals surface area (Å²) in [6.45, 7) is 1.81. The molecule has 0 aliphatic carbocycles. The van der Waals surface area contributed by atoms with Gasteiger partial charge in [-0.05, 0) is 65.4 Å². The van der Waals surface area contributed by atoms with Gasteiger partial charge >= 0.3 is 0 Å². The van der Waals surface area contributed by atoms with Gasteiger partial charge in [-0.25, -0.2) is 0 Å². The quantitative estimate of drug-likeness (QED) is 0.422. The molecular weight excluding hydrogens is 409 g/mol. The molecule has 2 aromatic carbocycles. The lowest BCUT2D eigenvalue weighted by Gasteiger charge is -2.00. The molecule has 116 valence electrons. The molecule has 3 rings (SSSR count). The van der Waals surface area contributed by atoms with E-state index in [1.54, 1.807) is 13.0 Å². The molecule has 23 heavy (non-hydrogen) atoms. The van der Waals surface area contributed by atoms with Crippen LogP contribution in [0.4, 0.5) is 5.69 Å². The molecule has 6 nitrogen and oxygen atoms in total. The maximum atomic E-state index is 12.1. The maximum absolute atomic E-state index is 12.1. The third-order valence-electron chi connectivity index (χ3n) is 3.34. The molecule has 0 unspecified atom stereocenters. The largest absolute Gasteiger partial charge is 0.507 e. The number of fused-ring (bicyclic) bond motifs is 1. The number of hydrogen-bond acceptors (Lipinski definition) is 4. The van der Waals surface area contributed by atoms with Crippen LogP contribution >= 0.6 is 22.6 Å². The third-order valence-corrected chi connectivity index (χ3v) is 4.01. The minimum atomic E-state index is -0.679. The van der Waals surface area contributed by atoms with Crippen LogP contribution in [0, 0.1) is 10.5 Å². The average molecular weight is 421 g/mol. The lowest BCUT2D eigenvalue weighted by atomic mass is 10.1. The number of carbonyl (C=O) groups is 1. The van der Waals surface area contributed by atoms with Gasteiger partial charge in [0.1, 0.15) is 5.75 Å². The van der Waals surface area contributed by atoms with Gasteiger partial charge in [0.2, 0.25) is 5.88 Å². The Hall–Kier alpha value is -2.42. The molecule has 0 aliphatic rings. The van der Waals surface area contributed by atoms with E-state index in [9.17, 15) is 15.0 Å². The van der Waals surface area contributed by atoms with Gasteiger partial charge in [-0.3, -0.25) is 4.79 Å². The molecule has 0 saturated heterocycles. The standard InChI is InChI=1S/C16H12IN3O3/c1-8-2-4-10(13(21)6-8)15(22)20-19-14-11-7-9(17)3-5-12(11)18-16(14)23/h2-7,18,21,23H,1H3. The Morgan fingerprint density at radius 2 is 1.96 bits per heavy atom. The lowest BCUT2D eigenvalue weighted by molar-refractivity contribution is 0.0992. The predicted octanol–water partition coefficient (Wildman–Crippen LogP) is 4.42. The molecule has 3 N–H and O–H groups in total. The second kappa shape index (κ2) is 5.99. The van der Waals surface area contributed by atoms with E-state index >= 15 is 0 Å². The summed E-state index contributed by atoms with van der Waals surface area (Å²) >= 11 is 2.14. The predicted molar refractivity (Wildman–Crippen MR) is 94.4 cm³/mol. The summed E-state index contributed by atoms with van der Waals surface area (Å²) in [5, 5.41) is 27.9. The Kier molecular flexibility index (Phi) is 4.03. The first kappa shape index (κ1) is 15.5. The van der Waals surface area contributed by atoms with Crippen LogP contribution in [0.3, 0.4) is 0 Å². The van der Waals surface area contributed by atoms with Gasteiger partial charge in [0.25, 0.3) is 5.91 Å². The van der Waals surface area contributed by atoms with E-state index in [1.165, 1.54) is 12.1 Å². The Morgan fingerprint density at radius 1 is 1.17 bits per heavy atom. The summed E-state index contributed by atoms with van der Waals surface area (Å²) < 4.78 is 0.966. The molecule has 0 fully saturated rings. The summed E-state index contributed by atoms with van der Waals surface area (Å²) in [7, 11) is 0. The fourth-order valence-corrected chi connectivity index (χ4v) is 2.70. The highest BCUT2D eigenvalue weighted by Gasteiger charge is 2.13. The molecule has 1 aromatic heterocycles. The van der Waals surface area contributed by atoms with Crippen molar-refractivity contribution in [2.24, 2.45) is 10.2 Å². The van der Waals surface area contributed by atoms with E-state index in [1.807, 2.05) is 18.2 Å². The normalized spacial score (nSPS) is 11.4. The smallest absolute Gasteiger partial charge is 0.299 e. The van der Waals surface area contributed by atoms with E-state index in [2.05, 4.69) is 37.8 Å². The van der Waals surface area contributed by atoms with E-state index in [0.29, 0.717) is 10.9 Å². The van der Waals surface area contributed by atoms with Crippen molar-refractivity contribution in [3.8, 4) is 11.6 Å². The number of azo groups is 1. The summed E-state index contributed by atoms with van der Waals surface area (Å²) in [5.41, 5.74) is 1.79. The summed E-state index contributed by atoms with van der Waals surface area (Å²) in [6, 6.07) is 10.2. The van der Waals surface area contributed by atoms with Gasteiger partial charge in [-0.2, -0.15) is 0 Å². The van der Waals surface area contributed by atoms with Crippen molar-refractivity contribution >= 4 is 45.1 Å². The minimum Gasteiger partial charge on any atom is -0.507 e. The number of aromatic hydroxyl groups is 2. The van der Waals surface area contributed by atoms with Crippen LogP contribution in [0.15, 0.2) is 46.6 Å². The zero-order valence-corrected chi connectivity index (χ0v) is 14.2. The van der Waals surface area contributed by atoms with Gasteiger partial charge in [-0.1, -0.05) is 6.07 Å². The monoisotopic (exact) mass is 421 g/mol. The summed E-state index contributed by atoms with van der Waals surface area (Å²) in [4.78, 5) is 14.8. The van der Waals surface area contributed by atoms with Crippen LogP contribution in [-0.2, 0) is 0 Å². The molecule has 7 heteroatoms. The van der Waals surface area contributed by atoms with Crippen molar-refractivity contribution in [1.29, 1.82) is 0 Å². The molecule has 0 radical (unpaired) electrons. The summed E-state index contributed by atoms with van der Waals surface area (Å²) in [5.74, 6) is -0.986. The Bertz CT molecular complexity index is 947. The fraction of sp³-hybridized carbons (Fsp3) is 0.0625. The second-order valence-electron chi connectivity index (χ2n) is 5.04. The number of phenols is 1. The van der Waals surface area contributed by atoms with Gasteiger partial charge < -0.3 is 15.2 Å². The fourth-order valence-electron chi connectivity index (χ4n) is 2.21. The highest BCUT2D eigenvalue weighted by atomic mass is 127. The number of rotatable bonds is 2. The zero-order valence-electron chi connectivity index (χ0n) is 12.0.